The van der Waals surface area contributed by atoms with Crippen molar-refractivity contribution in [3.8, 4) is 0 Å². The largest absolute Gasteiger partial charge is 0.359 e. The fourth-order valence-corrected chi connectivity index (χ4v) is 2.10. The third-order valence-corrected chi connectivity index (χ3v) is 3.24. The second kappa shape index (κ2) is 3.98. The topological polar surface area (TPSA) is 43.9 Å². The average molecular weight is 241 g/mol. The Balaban J connectivity index is 2.04. The molecule has 92 valence electrons. The van der Waals surface area contributed by atoms with Crippen LogP contribution in [-0.2, 0) is 6.54 Å². The number of hydrogen-bond acceptors (Lipinski definition) is 3. The van der Waals surface area contributed by atoms with Crippen molar-refractivity contribution < 1.29 is 4.52 Å². The van der Waals surface area contributed by atoms with Crippen molar-refractivity contribution in [2.45, 2.75) is 27.3 Å². The molecule has 2 aromatic heterocycles. The van der Waals surface area contributed by atoms with Crippen molar-refractivity contribution in [2.75, 3.05) is 0 Å². The summed E-state index contributed by atoms with van der Waals surface area (Å²) in [6, 6.07) is 6.24. The number of rotatable bonds is 2. The van der Waals surface area contributed by atoms with Crippen molar-refractivity contribution >= 4 is 11.0 Å². The molecule has 0 radical (unpaired) electrons. The minimum atomic E-state index is 0.667. The number of hydrogen-bond donors (Lipinski definition) is 0. The van der Waals surface area contributed by atoms with Crippen molar-refractivity contribution in [2.24, 2.45) is 0 Å². The number of fused-ring (bicyclic) bond motifs is 1. The molecule has 0 N–H and O–H groups in total. The molecule has 0 saturated carbocycles. The smallest absolute Gasteiger partial charge is 0.156 e. The van der Waals surface area contributed by atoms with Gasteiger partial charge < -0.3 is 9.09 Å². The lowest BCUT2D eigenvalue weighted by Gasteiger charge is -2.03. The minimum Gasteiger partial charge on any atom is -0.359 e. The Kier molecular flexibility index (Phi) is 2.44. The molecule has 0 aliphatic heterocycles. The monoisotopic (exact) mass is 241 g/mol. The highest BCUT2D eigenvalue weighted by atomic mass is 16.5. The van der Waals surface area contributed by atoms with Crippen LogP contribution >= 0.6 is 0 Å². The van der Waals surface area contributed by atoms with E-state index >= 15 is 0 Å². The fraction of sp³-hybridized carbons (Fsp3) is 0.286. The molecule has 0 aliphatic carbocycles. The van der Waals surface area contributed by atoms with Gasteiger partial charge in [-0.25, -0.2) is 4.98 Å². The Bertz CT molecular complexity index is 709. The van der Waals surface area contributed by atoms with Crippen LogP contribution in [0.4, 0.5) is 0 Å². The normalized spacial score (nSPS) is 11.3. The van der Waals surface area contributed by atoms with Gasteiger partial charge in [-0.1, -0.05) is 5.16 Å². The van der Waals surface area contributed by atoms with E-state index in [1.54, 1.807) is 0 Å². The van der Waals surface area contributed by atoms with Gasteiger partial charge in [0.25, 0.3) is 0 Å². The SMILES string of the molecule is Cc1cc(Cn2cnc3cc(C)c(C)cc32)on1. The molecular formula is C14H15N3O. The van der Waals surface area contributed by atoms with Gasteiger partial charge in [-0.05, 0) is 44.0 Å². The molecule has 0 bridgehead atoms. The van der Waals surface area contributed by atoms with Crippen LogP contribution in [0.25, 0.3) is 11.0 Å². The van der Waals surface area contributed by atoms with Gasteiger partial charge in [-0.15, -0.1) is 0 Å². The Morgan fingerprint density at radius 3 is 2.61 bits per heavy atom. The second-order valence-electron chi connectivity index (χ2n) is 4.73. The van der Waals surface area contributed by atoms with Crippen LogP contribution in [0.3, 0.4) is 0 Å². The average Bonchev–Trinajstić information content (AvgIpc) is 2.89. The van der Waals surface area contributed by atoms with Gasteiger partial charge in [0.15, 0.2) is 5.76 Å². The van der Waals surface area contributed by atoms with Gasteiger partial charge in [-0.3, -0.25) is 0 Å². The number of imidazole rings is 1. The van der Waals surface area contributed by atoms with E-state index in [-0.39, 0.29) is 0 Å². The first-order chi connectivity index (χ1) is 8.63. The lowest BCUT2D eigenvalue weighted by Crippen LogP contribution is -1.97. The first-order valence-corrected chi connectivity index (χ1v) is 5.98. The van der Waals surface area contributed by atoms with E-state index in [9.17, 15) is 0 Å². The van der Waals surface area contributed by atoms with Gasteiger partial charge in [0, 0.05) is 6.07 Å². The fourth-order valence-electron chi connectivity index (χ4n) is 2.10. The molecule has 4 nitrogen and oxygen atoms in total. The molecule has 3 rings (SSSR count). The van der Waals surface area contributed by atoms with Gasteiger partial charge in [0.05, 0.1) is 29.6 Å². The number of aromatic nitrogens is 3. The number of benzene rings is 1. The van der Waals surface area contributed by atoms with E-state index < -0.39 is 0 Å². The summed E-state index contributed by atoms with van der Waals surface area (Å²) in [5.74, 6) is 0.852. The molecule has 18 heavy (non-hydrogen) atoms. The van der Waals surface area contributed by atoms with E-state index in [1.165, 1.54) is 11.1 Å². The van der Waals surface area contributed by atoms with Crippen molar-refractivity contribution in [1.82, 2.24) is 14.7 Å². The van der Waals surface area contributed by atoms with E-state index in [2.05, 4.69) is 40.7 Å². The molecule has 0 fully saturated rings. The van der Waals surface area contributed by atoms with E-state index in [0.717, 1.165) is 22.5 Å². The molecule has 4 heteroatoms. The lowest BCUT2D eigenvalue weighted by atomic mass is 10.1. The first kappa shape index (κ1) is 11.0. The summed E-state index contributed by atoms with van der Waals surface area (Å²) in [6.45, 7) is 6.81. The molecule has 0 atom stereocenters. The molecule has 3 aromatic rings. The number of aryl methyl sites for hydroxylation is 3. The molecule has 0 amide bonds. The van der Waals surface area contributed by atoms with Crippen molar-refractivity contribution in [1.29, 1.82) is 0 Å². The quantitative estimate of drug-likeness (QED) is 0.692. The van der Waals surface area contributed by atoms with Crippen molar-refractivity contribution in [3.63, 3.8) is 0 Å². The van der Waals surface area contributed by atoms with Crippen LogP contribution in [0.15, 0.2) is 29.0 Å². The molecule has 0 unspecified atom stereocenters. The number of nitrogens with zero attached hydrogens (tertiary/aromatic N) is 3. The van der Waals surface area contributed by atoms with Crippen LogP contribution in [0.2, 0.25) is 0 Å². The summed E-state index contributed by atoms with van der Waals surface area (Å²) >= 11 is 0. The third kappa shape index (κ3) is 1.79. The van der Waals surface area contributed by atoms with Crippen LogP contribution in [0, 0.1) is 20.8 Å². The first-order valence-electron chi connectivity index (χ1n) is 5.98. The molecule has 0 spiro atoms. The Labute approximate surface area is 105 Å². The zero-order valence-corrected chi connectivity index (χ0v) is 10.8. The van der Waals surface area contributed by atoms with Gasteiger partial charge in [0.1, 0.15) is 0 Å². The summed E-state index contributed by atoms with van der Waals surface area (Å²) < 4.78 is 7.33. The van der Waals surface area contributed by atoms with Crippen LogP contribution in [0.1, 0.15) is 22.6 Å². The maximum Gasteiger partial charge on any atom is 0.156 e. The maximum atomic E-state index is 5.24. The highest BCUT2D eigenvalue weighted by Gasteiger charge is 2.07. The zero-order chi connectivity index (χ0) is 12.7. The maximum absolute atomic E-state index is 5.24. The second-order valence-corrected chi connectivity index (χ2v) is 4.73. The Morgan fingerprint density at radius 1 is 1.11 bits per heavy atom. The predicted molar refractivity (Wildman–Crippen MR) is 69.5 cm³/mol. The van der Waals surface area contributed by atoms with Crippen LogP contribution in [0.5, 0.6) is 0 Å². The molecular weight excluding hydrogens is 226 g/mol. The predicted octanol–water partition coefficient (Wildman–Crippen LogP) is 3.00. The van der Waals surface area contributed by atoms with E-state index in [0.29, 0.717) is 6.54 Å². The van der Waals surface area contributed by atoms with Gasteiger partial charge in [0.2, 0.25) is 0 Å². The van der Waals surface area contributed by atoms with Crippen LogP contribution < -0.4 is 0 Å². The summed E-state index contributed by atoms with van der Waals surface area (Å²) in [6.07, 6.45) is 1.85. The van der Waals surface area contributed by atoms with Crippen molar-refractivity contribution in [3.05, 3.63) is 47.1 Å². The Hall–Kier alpha value is -2.10. The molecule has 2 heterocycles. The summed E-state index contributed by atoms with van der Waals surface area (Å²) in [7, 11) is 0. The highest BCUT2D eigenvalue weighted by molar-refractivity contribution is 5.77. The summed E-state index contributed by atoms with van der Waals surface area (Å²) in [5, 5.41) is 3.90. The standard InChI is InChI=1S/C14H15N3O/c1-9-4-13-14(5-10(9)2)17(8-15-13)7-12-6-11(3)16-18-12/h4-6,8H,7H2,1-3H3. The summed E-state index contributed by atoms with van der Waals surface area (Å²) in [4.78, 5) is 4.42. The lowest BCUT2D eigenvalue weighted by molar-refractivity contribution is 0.374. The zero-order valence-electron chi connectivity index (χ0n) is 10.8. The molecule has 0 saturated heterocycles. The molecule has 1 aromatic carbocycles. The highest BCUT2D eigenvalue weighted by Crippen LogP contribution is 2.19. The molecule has 0 aliphatic rings. The summed E-state index contributed by atoms with van der Waals surface area (Å²) in [5.41, 5.74) is 5.60. The van der Waals surface area contributed by atoms with E-state index in [4.69, 9.17) is 4.52 Å². The third-order valence-electron chi connectivity index (χ3n) is 3.24. The minimum absolute atomic E-state index is 0.667. The Morgan fingerprint density at radius 2 is 1.89 bits per heavy atom. The van der Waals surface area contributed by atoms with Crippen LogP contribution in [-0.4, -0.2) is 14.7 Å². The van der Waals surface area contributed by atoms with Gasteiger partial charge >= 0.3 is 0 Å². The van der Waals surface area contributed by atoms with E-state index in [1.807, 2.05) is 19.3 Å². The van der Waals surface area contributed by atoms with Gasteiger partial charge in [-0.2, -0.15) is 0 Å².